The van der Waals surface area contributed by atoms with Gasteiger partial charge in [-0.2, -0.15) is 0 Å². The Bertz CT molecular complexity index is 772. The highest BCUT2D eigenvalue weighted by atomic mass is 32.2. The molecule has 1 aliphatic carbocycles. The number of hydrogen-bond donors (Lipinski definition) is 1. The Kier molecular flexibility index (Phi) is 5.63. The van der Waals surface area contributed by atoms with E-state index in [2.05, 4.69) is 31.9 Å². The lowest BCUT2D eigenvalue weighted by Crippen LogP contribution is -2.38. The van der Waals surface area contributed by atoms with E-state index in [1.54, 1.807) is 0 Å². The van der Waals surface area contributed by atoms with Crippen LogP contribution in [0.15, 0.2) is 35.5 Å². The maximum atomic E-state index is 12.9. The van der Waals surface area contributed by atoms with Crippen molar-refractivity contribution < 1.29 is 9.53 Å². The van der Waals surface area contributed by atoms with Gasteiger partial charge in [-0.3, -0.25) is 9.36 Å². The fourth-order valence-corrected chi connectivity index (χ4v) is 4.26. The number of benzene rings is 1. The van der Waals surface area contributed by atoms with Crippen molar-refractivity contribution >= 4 is 23.6 Å². The molecule has 0 spiro atoms. The first-order valence-corrected chi connectivity index (χ1v) is 10.4. The van der Waals surface area contributed by atoms with E-state index in [-0.39, 0.29) is 11.2 Å². The molecule has 1 saturated carbocycles. The van der Waals surface area contributed by atoms with Gasteiger partial charge in [0.2, 0.25) is 11.9 Å². The minimum atomic E-state index is -0.334. The van der Waals surface area contributed by atoms with Crippen LogP contribution in [0.1, 0.15) is 30.6 Å². The maximum Gasteiger partial charge on any atom is 0.238 e. The molecule has 1 N–H and O–H groups in total. The number of aromatic nitrogens is 3. The second kappa shape index (κ2) is 8.31. The molecule has 1 amide bonds. The predicted molar refractivity (Wildman–Crippen MR) is 105 cm³/mol. The van der Waals surface area contributed by atoms with Crippen molar-refractivity contribution in [2.45, 2.75) is 42.8 Å². The number of anilines is 1. The largest absolute Gasteiger partial charge is 0.378 e. The summed E-state index contributed by atoms with van der Waals surface area (Å²) in [5.74, 6) is 0.907. The van der Waals surface area contributed by atoms with Crippen molar-refractivity contribution in [3.05, 3.63) is 35.9 Å². The molecule has 4 rings (SSSR count). The average Bonchev–Trinajstić information content (AvgIpc) is 3.43. The highest BCUT2D eigenvalue weighted by molar-refractivity contribution is 8.00. The van der Waals surface area contributed by atoms with E-state index in [0.29, 0.717) is 19.3 Å². The lowest BCUT2D eigenvalue weighted by atomic mass is 10.1. The fraction of sp³-hybridized carbons (Fsp3) is 0.526. The van der Waals surface area contributed by atoms with Crippen molar-refractivity contribution in [2.75, 3.05) is 31.2 Å². The van der Waals surface area contributed by atoms with Crippen molar-refractivity contribution in [2.24, 2.45) is 0 Å². The molecule has 2 aliphatic rings. The third kappa shape index (κ3) is 4.27. The van der Waals surface area contributed by atoms with Crippen LogP contribution in [0.4, 0.5) is 5.95 Å². The van der Waals surface area contributed by atoms with Crippen LogP contribution in [-0.2, 0) is 16.1 Å². The molecule has 1 aromatic carbocycles. The van der Waals surface area contributed by atoms with Gasteiger partial charge >= 0.3 is 0 Å². The Morgan fingerprint density at radius 3 is 2.67 bits per heavy atom. The molecule has 27 heavy (non-hydrogen) atoms. The maximum absolute atomic E-state index is 12.9. The van der Waals surface area contributed by atoms with Crippen molar-refractivity contribution in [1.29, 1.82) is 0 Å². The van der Waals surface area contributed by atoms with Crippen molar-refractivity contribution in [3.63, 3.8) is 0 Å². The van der Waals surface area contributed by atoms with Crippen molar-refractivity contribution in [1.82, 2.24) is 20.1 Å². The predicted octanol–water partition coefficient (Wildman–Crippen LogP) is 2.25. The Morgan fingerprint density at radius 1 is 1.26 bits per heavy atom. The summed E-state index contributed by atoms with van der Waals surface area (Å²) in [5, 5.41) is 12.4. The molecule has 1 unspecified atom stereocenters. The summed E-state index contributed by atoms with van der Waals surface area (Å²) in [6.07, 6.45) is 2.15. The molecule has 8 heteroatoms. The summed E-state index contributed by atoms with van der Waals surface area (Å²) >= 11 is 1.48. The molecule has 2 heterocycles. The van der Waals surface area contributed by atoms with Gasteiger partial charge in [-0.25, -0.2) is 0 Å². The van der Waals surface area contributed by atoms with E-state index < -0.39 is 0 Å². The number of rotatable bonds is 7. The van der Waals surface area contributed by atoms with Gasteiger partial charge in [0.25, 0.3) is 0 Å². The highest BCUT2D eigenvalue weighted by Gasteiger charge is 2.31. The highest BCUT2D eigenvalue weighted by Crippen LogP contribution is 2.36. The minimum absolute atomic E-state index is 0.0484. The number of carbonyl (C=O) groups excluding carboxylic acids is 1. The number of nitrogens with one attached hydrogen (secondary N) is 1. The molecular weight excluding hydrogens is 362 g/mol. The van der Waals surface area contributed by atoms with Crippen LogP contribution in [0.2, 0.25) is 0 Å². The second-order valence-corrected chi connectivity index (χ2v) is 7.89. The molecule has 2 fully saturated rings. The summed E-state index contributed by atoms with van der Waals surface area (Å²) in [4.78, 5) is 15.1. The lowest BCUT2D eigenvalue weighted by molar-refractivity contribution is -0.120. The van der Waals surface area contributed by atoms with Crippen LogP contribution in [-0.4, -0.2) is 53.0 Å². The molecule has 0 radical (unpaired) electrons. The summed E-state index contributed by atoms with van der Waals surface area (Å²) in [5.41, 5.74) is 0.985. The van der Waals surface area contributed by atoms with Crippen LogP contribution in [0.25, 0.3) is 0 Å². The van der Waals surface area contributed by atoms with Gasteiger partial charge in [0.15, 0.2) is 5.16 Å². The number of amides is 1. The van der Waals surface area contributed by atoms with Gasteiger partial charge in [0, 0.05) is 25.7 Å². The summed E-state index contributed by atoms with van der Waals surface area (Å²) in [6.45, 7) is 5.87. The van der Waals surface area contributed by atoms with Crippen LogP contribution in [0.5, 0.6) is 0 Å². The van der Waals surface area contributed by atoms with Crippen LogP contribution < -0.4 is 10.2 Å². The lowest BCUT2D eigenvalue weighted by Gasteiger charge is -2.27. The fourth-order valence-electron chi connectivity index (χ4n) is 3.15. The number of carbonyl (C=O) groups is 1. The Labute approximate surface area is 163 Å². The van der Waals surface area contributed by atoms with E-state index in [0.717, 1.165) is 49.1 Å². The van der Waals surface area contributed by atoms with Crippen LogP contribution >= 0.6 is 11.8 Å². The van der Waals surface area contributed by atoms with E-state index in [1.807, 2.05) is 30.3 Å². The van der Waals surface area contributed by atoms with Crippen LogP contribution in [0.3, 0.4) is 0 Å². The molecule has 0 bridgehead atoms. The zero-order valence-corrected chi connectivity index (χ0v) is 16.3. The third-order valence-corrected chi connectivity index (χ3v) is 6.03. The monoisotopic (exact) mass is 387 g/mol. The molecule has 1 aromatic heterocycles. The zero-order valence-electron chi connectivity index (χ0n) is 15.5. The Balaban J connectivity index is 1.58. The van der Waals surface area contributed by atoms with Gasteiger partial charge in [-0.05, 0) is 25.3 Å². The van der Waals surface area contributed by atoms with Gasteiger partial charge in [0.1, 0.15) is 5.25 Å². The number of morpholine rings is 1. The minimum Gasteiger partial charge on any atom is -0.378 e. The number of thioether (sulfide) groups is 1. The van der Waals surface area contributed by atoms with E-state index in [4.69, 9.17) is 4.74 Å². The molecule has 7 nitrogen and oxygen atoms in total. The van der Waals surface area contributed by atoms with E-state index in [1.165, 1.54) is 11.8 Å². The Morgan fingerprint density at radius 2 is 2.00 bits per heavy atom. The standard InChI is InChI=1S/C19H25N5O2S/c1-2-24-18(23-10-12-26-13-11-23)21-22-19(24)27-16(14-6-4-3-5-7-14)17(25)20-15-8-9-15/h3-7,15-16H,2,8-13H2,1H3,(H,20,25). The quantitative estimate of drug-likeness (QED) is 0.735. The third-order valence-electron chi connectivity index (χ3n) is 4.79. The van der Waals surface area contributed by atoms with Gasteiger partial charge < -0.3 is 15.0 Å². The topological polar surface area (TPSA) is 72.3 Å². The molecule has 2 aromatic rings. The van der Waals surface area contributed by atoms with E-state index in [9.17, 15) is 4.79 Å². The second-order valence-electron chi connectivity index (χ2n) is 6.82. The Hall–Kier alpha value is -2.06. The van der Waals surface area contributed by atoms with Gasteiger partial charge in [0.05, 0.1) is 13.2 Å². The first kappa shape index (κ1) is 18.3. The van der Waals surface area contributed by atoms with Crippen LogP contribution in [0, 0.1) is 0 Å². The van der Waals surface area contributed by atoms with E-state index >= 15 is 0 Å². The van der Waals surface area contributed by atoms with Crippen molar-refractivity contribution in [3.8, 4) is 0 Å². The molecule has 1 atom stereocenters. The first-order chi connectivity index (χ1) is 13.3. The number of ether oxygens (including phenoxy) is 1. The smallest absolute Gasteiger partial charge is 0.238 e. The number of hydrogen-bond acceptors (Lipinski definition) is 6. The first-order valence-electron chi connectivity index (χ1n) is 9.54. The van der Waals surface area contributed by atoms with Gasteiger partial charge in [-0.1, -0.05) is 42.1 Å². The molecule has 1 saturated heterocycles. The summed E-state index contributed by atoms with van der Waals surface area (Å²) in [7, 11) is 0. The summed E-state index contributed by atoms with van der Waals surface area (Å²) in [6, 6.07) is 10.2. The average molecular weight is 388 g/mol. The molecular formula is C19H25N5O2S. The zero-order chi connectivity index (χ0) is 18.6. The number of nitrogens with zero attached hydrogens (tertiary/aromatic N) is 4. The normalized spacial score (nSPS) is 18.3. The SMILES string of the molecule is CCn1c(SC(C(=O)NC2CC2)c2ccccc2)nnc1N1CCOCC1. The molecule has 144 valence electrons. The van der Waals surface area contributed by atoms with Gasteiger partial charge in [-0.15, -0.1) is 10.2 Å². The summed E-state index contributed by atoms with van der Waals surface area (Å²) < 4.78 is 7.53. The molecule has 1 aliphatic heterocycles.